The standard InChI is InChI=1S/C21H20N2/c1-16-8-7-11-19(14-16)23-21-13-6-4-10-18(21)15-22-20-12-5-3-9-17(20)2/h3-15,23H,1-2H3. The van der Waals surface area contributed by atoms with Gasteiger partial charge in [-0.3, -0.25) is 4.99 Å². The van der Waals surface area contributed by atoms with Crippen LogP contribution in [0.1, 0.15) is 16.7 Å². The fourth-order valence-electron chi connectivity index (χ4n) is 2.45. The lowest BCUT2D eigenvalue weighted by Gasteiger charge is -2.10. The van der Waals surface area contributed by atoms with E-state index in [1.165, 1.54) is 11.1 Å². The maximum absolute atomic E-state index is 4.63. The Morgan fingerprint density at radius 3 is 2.43 bits per heavy atom. The third-order valence-electron chi connectivity index (χ3n) is 3.72. The number of nitrogens with one attached hydrogen (secondary N) is 1. The summed E-state index contributed by atoms with van der Waals surface area (Å²) in [5.41, 5.74) is 6.61. The number of aryl methyl sites for hydroxylation is 2. The molecule has 0 bridgehead atoms. The van der Waals surface area contributed by atoms with E-state index >= 15 is 0 Å². The number of hydrogen-bond donors (Lipinski definition) is 1. The van der Waals surface area contributed by atoms with E-state index in [0.717, 1.165) is 22.6 Å². The molecule has 0 saturated heterocycles. The molecule has 0 fully saturated rings. The summed E-state index contributed by atoms with van der Waals surface area (Å²) in [5, 5.41) is 3.47. The highest BCUT2D eigenvalue weighted by Gasteiger charge is 2.01. The highest BCUT2D eigenvalue weighted by atomic mass is 14.9. The molecule has 2 heteroatoms. The van der Waals surface area contributed by atoms with E-state index in [9.17, 15) is 0 Å². The van der Waals surface area contributed by atoms with E-state index in [4.69, 9.17) is 0 Å². The molecule has 0 aliphatic heterocycles. The molecule has 114 valence electrons. The van der Waals surface area contributed by atoms with Crippen LogP contribution >= 0.6 is 0 Å². The van der Waals surface area contributed by atoms with Crippen molar-refractivity contribution in [3.8, 4) is 0 Å². The molecule has 2 nitrogen and oxygen atoms in total. The molecule has 0 atom stereocenters. The average molecular weight is 300 g/mol. The van der Waals surface area contributed by atoms with Gasteiger partial charge in [-0.15, -0.1) is 0 Å². The summed E-state index contributed by atoms with van der Waals surface area (Å²) >= 11 is 0. The molecule has 0 heterocycles. The molecular weight excluding hydrogens is 280 g/mol. The summed E-state index contributed by atoms with van der Waals surface area (Å²) in [4.78, 5) is 4.63. The number of nitrogens with zero attached hydrogens (tertiary/aromatic N) is 1. The van der Waals surface area contributed by atoms with Crippen molar-refractivity contribution in [2.45, 2.75) is 13.8 Å². The molecule has 1 N–H and O–H groups in total. The van der Waals surface area contributed by atoms with Gasteiger partial charge in [0.1, 0.15) is 0 Å². The maximum Gasteiger partial charge on any atom is 0.0659 e. The molecule has 0 amide bonds. The Bertz CT molecular complexity index is 835. The van der Waals surface area contributed by atoms with Crippen molar-refractivity contribution in [3.63, 3.8) is 0 Å². The van der Waals surface area contributed by atoms with Crippen molar-refractivity contribution in [1.82, 2.24) is 0 Å². The number of rotatable bonds is 4. The zero-order valence-electron chi connectivity index (χ0n) is 13.5. The first kappa shape index (κ1) is 15.0. The lowest BCUT2D eigenvalue weighted by molar-refractivity contribution is 1.40. The van der Waals surface area contributed by atoms with Crippen LogP contribution in [-0.4, -0.2) is 6.21 Å². The molecule has 3 rings (SSSR count). The molecule has 0 aliphatic carbocycles. The van der Waals surface area contributed by atoms with Gasteiger partial charge in [-0.25, -0.2) is 0 Å². The first-order valence-electron chi connectivity index (χ1n) is 7.75. The summed E-state index contributed by atoms with van der Waals surface area (Å²) in [7, 11) is 0. The van der Waals surface area contributed by atoms with E-state index < -0.39 is 0 Å². The minimum Gasteiger partial charge on any atom is -0.355 e. The SMILES string of the molecule is Cc1cccc(Nc2ccccc2C=Nc2ccccc2C)c1. The predicted molar refractivity (Wildman–Crippen MR) is 99.3 cm³/mol. The molecule has 0 aliphatic rings. The molecule has 3 aromatic rings. The van der Waals surface area contributed by atoms with Gasteiger partial charge in [0.25, 0.3) is 0 Å². The fourth-order valence-corrected chi connectivity index (χ4v) is 2.45. The quantitative estimate of drug-likeness (QED) is 0.605. The van der Waals surface area contributed by atoms with Crippen molar-refractivity contribution in [2.24, 2.45) is 4.99 Å². The van der Waals surface area contributed by atoms with Crippen LogP contribution in [0.3, 0.4) is 0 Å². The normalized spacial score (nSPS) is 10.9. The van der Waals surface area contributed by atoms with Crippen LogP contribution in [0.15, 0.2) is 77.8 Å². The first-order valence-corrected chi connectivity index (χ1v) is 7.75. The third kappa shape index (κ3) is 3.86. The lowest BCUT2D eigenvalue weighted by Crippen LogP contribution is -1.95. The highest BCUT2D eigenvalue weighted by molar-refractivity contribution is 5.90. The summed E-state index contributed by atoms with van der Waals surface area (Å²) < 4.78 is 0. The van der Waals surface area contributed by atoms with Gasteiger partial charge in [-0.1, -0.05) is 48.5 Å². The number of anilines is 2. The maximum atomic E-state index is 4.63. The van der Waals surface area contributed by atoms with Crippen LogP contribution in [0.5, 0.6) is 0 Å². The molecule has 0 unspecified atom stereocenters. The van der Waals surface area contributed by atoms with Gasteiger partial charge in [-0.2, -0.15) is 0 Å². The van der Waals surface area contributed by atoms with E-state index in [1.807, 2.05) is 36.5 Å². The predicted octanol–water partition coefficient (Wildman–Crippen LogP) is 5.80. The number of aliphatic imine (C=N–C) groups is 1. The monoisotopic (exact) mass is 300 g/mol. The van der Waals surface area contributed by atoms with Crippen LogP contribution < -0.4 is 5.32 Å². The fraction of sp³-hybridized carbons (Fsp3) is 0.0952. The second-order valence-corrected chi connectivity index (χ2v) is 5.63. The van der Waals surface area contributed by atoms with Gasteiger partial charge in [-0.05, 0) is 49.2 Å². The second-order valence-electron chi connectivity index (χ2n) is 5.63. The number of benzene rings is 3. The van der Waals surface area contributed by atoms with Gasteiger partial charge in [0.2, 0.25) is 0 Å². The van der Waals surface area contributed by atoms with E-state index in [0.29, 0.717) is 0 Å². The Morgan fingerprint density at radius 1 is 0.826 bits per heavy atom. The van der Waals surface area contributed by atoms with Crippen molar-refractivity contribution < 1.29 is 0 Å². The van der Waals surface area contributed by atoms with Gasteiger partial charge in [0.15, 0.2) is 0 Å². The summed E-state index contributed by atoms with van der Waals surface area (Å²) in [5.74, 6) is 0. The molecule has 0 aromatic heterocycles. The Kier molecular flexibility index (Phi) is 4.53. The minimum atomic E-state index is 0.998. The largest absolute Gasteiger partial charge is 0.355 e. The van der Waals surface area contributed by atoms with Crippen LogP contribution in [0.4, 0.5) is 17.1 Å². The smallest absolute Gasteiger partial charge is 0.0659 e. The molecule has 0 spiro atoms. The first-order chi connectivity index (χ1) is 11.2. The molecule has 23 heavy (non-hydrogen) atoms. The van der Waals surface area contributed by atoms with Crippen molar-refractivity contribution in [2.75, 3.05) is 5.32 Å². The number of para-hydroxylation sites is 2. The van der Waals surface area contributed by atoms with Crippen LogP contribution in [0.2, 0.25) is 0 Å². The van der Waals surface area contributed by atoms with Crippen molar-refractivity contribution in [1.29, 1.82) is 0 Å². The summed E-state index contributed by atoms with van der Waals surface area (Å²) in [6, 6.07) is 24.7. The highest BCUT2D eigenvalue weighted by Crippen LogP contribution is 2.22. The van der Waals surface area contributed by atoms with Crippen LogP contribution in [-0.2, 0) is 0 Å². The van der Waals surface area contributed by atoms with E-state index in [2.05, 4.69) is 66.6 Å². The lowest BCUT2D eigenvalue weighted by atomic mass is 10.1. The minimum absolute atomic E-state index is 0.998. The van der Waals surface area contributed by atoms with Crippen LogP contribution in [0.25, 0.3) is 0 Å². The molecular formula is C21H20N2. The third-order valence-corrected chi connectivity index (χ3v) is 3.72. The Morgan fingerprint density at radius 2 is 1.61 bits per heavy atom. The van der Waals surface area contributed by atoms with Gasteiger partial charge < -0.3 is 5.32 Å². The zero-order valence-corrected chi connectivity index (χ0v) is 13.5. The number of hydrogen-bond acceptors (Lipinski definition) is 2. The van der Waals surface area contributed by atoms with E-state index in [1.54, 1.807) is 0 Å². The van der Waals surface area contributed by atoms with E-state index in [-0.39, 0.29) is 0 Å². The second kappa shape index (κ2) is 6.93. The summed E-state index contributed by atoms with van der Waals surface area (Å²) in [6.07, 6.45) is 1.92. The van der Waals surface area contributed by atoms with Crippen LogP contribution in [0, 0.1) is 13.8 Å². The average Bonchev–Trinajstić information content (AvgIpc) is 2.55. The van der Waals surface area contributed by atoms with Crippen molar-refractivity contribution >= 4 is 23.3 Å². The van der Waals surface area contributed by atoms with Gasteiger partial charge in [0, 0.05) is 23.2 Å². The zero-order chi connectivity index (χ0) is 16.1. The molecule has 0 radical (unpaired) electrons. The van der Waals surface area contributed by atoms with Gasteiger partial charge in [0.05, 0.1) is 5.69 Å². The van der Waals surface area contributed by atoms with Gasteiger partial charge >= 0.3 is 0 Å². The molecule has 3 aromatic carbocycles. The van der Waals surface area contributed by atoms with Crippen molar-refractivity contribution in [3.05, 3.63) is 89.5 Å². The topological polar surface area (TPSA) is 24.4 Å². The Labute approximate surface area is 137 Å². The summed E-state index contributed by atoms with van der Waals surface area (Å²) in [6.45, 7) is 4.17. The Hall–Kier alpha value is -2.87. The molecule has 0 saturated carbocycles. The Balaban J connectivity index is 1.88.